The van der Waals surface area contributed by atoms with Gasteiger partial charge in [-0.3, -0.25) is 9.59 Å². The molecule has 2 amide bonds. The Kier molecular flexibility index (Phi) is 6.60. The van der Waals surface area contributed by atoms with E-state index in [1.165, 1.54) is 19.1 Å². The van der Waals surface area contributed by atoms with Gasteiger partial charge in [0, 0.05) is 24.2 Å². The SMILES string of the molecule is CCCN(CC(=O)Nc1cc(C)on1)C(=O)c1cc(OC)cc(OC)c1. The van der Waals surface area contributed by atoms with Crippen LogP contribution in [0.1, 0.15) is 29.5 Å². The highest BCUT2D eigenvalue weighted by molar-refractivity contribution is 5.99. The molecule has 0 fully saturated rings. The molecule has 1 N–H and O–H groups in total. The van der Waals surface area contributed by atoms with Crippen molar-refractivity contribution in [1.29, 1.82) is 0 Å². The van der Waals surface area contributed by atoms with Crippen molar-refractivity contribution in [2.24, 2.45) is 0 Å². The second kappa shape index (κ2) is 8.89. The number of carbonyl (C=O) groups is 2. The molecule has 0 aliphatic heterocycles. The van der Waals surface area contributed by atoms with E-state index in [1.54, 1.807) is 31.2 Å². The van der Waals surface area contributed by atoms with Crippen LogP contribution in [0.5, 0.6) is 11.5 Å². The number of ether oxygens (including phenoxy) is 2. The number of amides is 2. The molecule has 0 atom stereocenters. The van der Waals surface area contributed by atoms with Gasteiger partial charge in [-0.05, 0) is 25.5 Å². The summed E-state index contributed by atoms with van der Waals surface area (Å²) in [5, 5.41) is 6.33. The largest absolute Gasteiger partial charge is 0.497 e. The average Bonchev–Trinajstić information content (AvgIpc) is 3.04. The Bertz CT molecular complexity index is 750. The maximum Gasteiger partial charge on any atom is 0.254 e. The zero-order chi connectivity index (χ0) is 19.1. The predicted molar refractivity (Wildman–Crippen MR) is 95.6 cm³/mol. The number of benzene rings is 1. The summed E-state index contributed by atoms with van der Waals surface area (Å²) < 4.78 is 15.3. The molecule has 0 aliphatic rings. The zero-order valence-electron chi connectivity index (χ0n) is 15.4. The molecule has 1 aromatic heterocycles. The molecule has 26 heavy (non-hydrogen) atoms. The number of aromatic nitrogens is 1. The second-order valence-electron chi connectivity index (χ2n) is 5.70. The smallest absolute Gasteiger partial charge is 0.254 e. The lowest BCUT2D eigenvalue weighted by Gasteiger charge is -2.22. The van der Waals surface area contributed by atoms with Crippen molar-refractivity contribution in [2.45, 2.75) is 20.3 Å². The first-order valence-electron chi connectivity index (χ1n) is 8.22. The van der Waals surface area contributed by atoms with E-state index in [4.69, 9.17) is 14.0 Å². The van der Waals surface area contributed by atoms with E-state index in [0.29, 0.717) is 41.6 Å². The molecule has 1 heterocycles. The summed E-state index contributed by atoms with van der Waals surface area (Å²) in [6.07, 6.45) is 0.711. The third-order valence-electron chi connectivity index (χ3n) is 3.61. The molecule has 0 bridgehead atoms. The first kappa shape index (κ1) is 19.3. The third-order valence-corrected chi connectivity index (χ3v) is 3.61. The third kappa shape index (κ3) is 4.98. The van der Waals surface area contributed by atoms with Gasteiger partial charge in [0.1, 0.15) is 23.8 Å². The van der Waals surface area contributed by atoms with Gasteiger partial charge < -0.3 is 24.2 Å². The molecular weight excluding hydrogens is 338 g/mol. The Morgan fingerprint density at radius 3 is 2.31 bits per heavy atom. The molecule has 0 saturated heterocycles. The van der Waals surface area contributed by atoms with Crippen molar-refractivity contribution in [1.82, 2.24) is 10.1 Å². The number of nitrogens with zero attached hydrogens (tertiary/aromatic N) is 2. The number of aryl methyl sites for hydroxylation is 1. The second-order valence-corrected chi connectivity index (χ2v) is 5.70. The van der Waals surface area contributed by atoms with Crippen LogP contribution in [-0.2, 0) is 4.79 Å². The Morgan fingerprint density at radius 2 is 1.81 bits per heavy atom. The van der Waals surface area contributed by atoms with Crippen LogP contribution in [-0.4, -0.2) is 49.2 Å². The van der Waals surface area contributed by atoms with Crippen molar-refractivity contribution < 1.29 is 23.6 Å². The van der Waals surface area contributed by atoms with Crippen molar-refractivity contribution >= 4 is 17.6 Å². The standard InChI is InChI=1S/C18H23N3O5/c1-5-6-21(11-17(22)19-16-7-12(2)26-20-16)18(23)13-8-14(24-3)10-15(9-13)25-4/h7-10H,5-6,11H2,1-4H3,(H,19,20,22). The topological polar surface area (TPSA) is 93.9 Å². The number of nitrogens with one attached hydrogen (secondary N) is 1. The fourth-order valence-corrected chi connectivity index (χ4v) is 2.42. The molecule has 0 radical (unpaired) electrons. The lowest BCUT2D eigenvalue weighted by molar-refractivity contribution is -0.116. The fourth-order valence-electron chi connectivity index (χ4n) is 2.42. The van der Waals surface area contributed by atoms with Gasteiger partial charge in [0.2, 0.25) is 5.91 Å². The average molecular weight is 361 g/mol. The van der Waals surface area contributed by atoms with Crippen molar-refractivity contribution in [2.75, 3.05) is 32.6 Å². The number of hydrogen-bond donors (Lipinski definition) is 1. The summed E-state index contributed by atoms with van der Waals surface area (Å²) in [7, 11) is 3.03. The first-order valence-corrected chi connectivity index (χ1v) is 8.22. The maximum atomic E-state index is 12.9. The van der Waals surface area contributed by atoms with E-state index in [9.17, 15) is 9.59 Å². The van der Waals surface area contributed by atoms with Crippen molar-refractivity contribution in [3.8, 4) is 11.5 Å². The molecule has 8 heteroatoms. The monoisotopic (exact) mass is 361 g/mol. The summed E-state index contributed by atoms with van der Waals surface area (Å²) in [6.45, 7) is 4.00. The van der Waals surface area contributed by atoms with Gasteiger partial charge in [-0.15, -0.1) is 0 Å². The van der Waals surface area contributed by atoms with Crippen LogP contribution in [0.25, 0.3) is 0 Å². The lowest BCUT2D eigenvalue weighted by Crippen LogP contribution is -2.38. The minimum absolute atomic E-state index is 0.0991. The summed E-state index contributed by atoms with van der Waals surface area (Å²) in [5.74, 6) is 1.29. The molecule has 8 nitrogen and oxygen atoms in total. The molecule has 0 aliphatic carbocycles. The number of anilines is 1. The summed E-state index contributed by atoms with van der Waals surface area (Å²) >= 11 is 0. The van der Waals surface area contributed by atoms with Crippen LogP contribution < -0.4 is 14.8 Å². The number of methoxy groups -OCH3 is 2. The van der Waals surface area contributed by atoms with Crippen LogP contribution in [0.15, 0.2) is 28.8 Å². The molecule has 0 spiro atoms. The molecule has 0 unspecified atom stereocenters. The Morgan fingerprint density at radius 1 is 1.15 bits per heavy atom. The highest BCUT2D eigenvalue weighted by Crippen LogP contribution is 2.23. The van der Waals surface area contributed by atoms with E-state index in [0.717, 1.165) is 0 Å². The highest BCUT2D eigenvalue weighted by Gasteiger charge is 2.20. The van der Waals surface area contributed by atoms with Gasteiger partial charge in [-0.25, -0.2) is 0 Å². The number of rotatable bonds is 8. The molecule has 140 valence electrons. The minimum Gasteiger partial charge on any atom is -0.497 e. The van der Waals surface area contributed by atoms with E-state index >= 15 is 0 Å². The summed E-state index contributed by atoms with van der Waals surface area (Å²) in [6, 6.07) is 6.52. The van der Waals surface area contributed by atoms with Gasteiger partial charge in [0.25, 0.3) is 5.91 Å². The van der Waals surface area contributed by atoms with Crippen LogP contribution >= 0.6 is 0 Å². The first-order chi connectivity index (χ1) is 12.5. The molecule has 2 rings (SSSR count). The minimum atomic E-state index is -0.352. The van der Waals surface area contributed by atoms with Crippen LogP contribution in [0, 0.1) is 6.92 Å². The highest BCUT2D eigenvalue weighted by atomic mass is 16.5. The molecule has 2 aromatic rings. The Labute approximate surface area is 152 Å². The van der Waals surface area contributed by atoms with Gasteiger partial charge in [0.15, 0.2) is 5.82 Å². The van der Waals surface area contributed by atoms with Crippen molar-refractivity contribution in [3.63, 3.8) is 0 Å². The van der Waals surface area contributed by atoms with Crippen molar-refractivity contribution in [3.05, 3.63) is 35.6 Å². The van der Waals surface area contributed by atoms with E-state index in [1.807, 2.05) is 6.92 Å². The molecular formula is C18H23N3O5. The van der Waals surface area contributed by atoms with E-state index < -0.39 is 0 Å². The Hall–Kier alpha value is -3.03. The zero-order valence-corrected chi connectivity index (χ0v) is 15.4. The predicted octanol–water partition coefficient (Wildman–Crippen LogP) is 2.49. The summed E-state index contributed by atoms with van der Waals surface area (Å²) in [4.78, 5) is 26.6. The number of hydrogen-bond acceptors (Lipinski definition) is 6. The van der Waals surface area contributed by atoms with Gasteiger partial charge >= 0.3 is 0 Å². The summed E-state index contributed by atoms with van der Waals surface area (Å²) in [5.41, 5.74) is 0.389. The van der Waals surface area contributed by atoms with Gasteiger partial charge in [-0.2, -0.15) is 0 Å². The quantitative estimate of drug-likeness (QED) is 0.776. The van der Waals surface area contributed by atoms with E-state index in [2.05, 4.69) is 10.5 Å². The van der Waals surface area contributed by atoms with Crippen LogP contribution in [0.4, 0.5) is 5.82 Å². The number of carbonyl (C=O) groups excluding carboxylic acids is 2. The molecule has 1 aromatic carbocycles. The van der Waals surface area contributed by atoms with E-state index in [-0.39, 0.29) is 18.4 Å². The van der Waals surface area contributed by atoms with Crippen LogP contribution in [0.3, 0.4) is 0 Å². The normalized spacial score (nSPS) is 10.3. The molecule has 0 saturated carbocycles. The maximum absolute atomic E-state index is 12.9. The van der Waals surface area contributed by atoms with Gasteiger partial charge in [-0.1, -0.05) is 12.1 Å². The van der Waals surface area contributed by atoms with Crippen LogP contribution in [0.2, 0.25) is 0 Å². The van der Waals surface area contributed by atoms with Gasteiger partial charge in [0.05, 0.1) is 14.2 Å². The lowest BCUT2D eigenvalue weighted by atomic mass is 10.1. The fraction of sp³-hybridized carbons (Fsp3) is 0.389. The Balaban J connectivity index is 2.14.